The Morgan fingerprint density at radius 3 is 2.21 bits per heavy atom. The lowest BCUT2D eigenvalue weighted by molar-refractivity contribution is -0.394. The summed E-state index contributed by atoms with van der Waals surface area (Å²) in [6.45, 7) is 0.819. The van der Waals surface area contributed by atoms with Gasteiger partial charge in [0.15, 0.2) is 5.78 Å². The predicted molar refractivity (Wildman–Crippen MR) is 59.7 cm³/mol. The lowest BCUT2D eigenvalue weighted by atomic mass is 10.0. The number of halogens is 1. The van der Waals surface area contributed by atoms with Crippen molar-refractivity contribution < 1.29 is 23.8 Å². The largest absolute Gasteiger partial charge is 0.296 e. The average Bonchev–Trinajstić information content (AvgIpc) is 2.35. The summed E-state index contributed by atoms with van der Waals surface area (Å²) in [6, 6.07) is 2.13. The van der Waals surface area contributed by atoms with E-state index in [9.17, 15) is 34.2 Å². The smallest absolute Gasteiger partial charge is 0.287 e. The molecule has 0 saturated carbocycles. The van der Waals surface area contributed by atoms with Crippen molar-refractivity contribution in [3.05, 3.63) is 44.0 Å². The van der Waals surface area contributed by atoms with Crippen molar-refractivity contribution in [1.29, 1.82) is 0 Å². The number of nitro groups is 2. The van der Waals surface area contributed by atoms with Crippen molar-refractivity contribution >= 4 is 22.9 Å². The Hall–Kier alpha value is -2.71. The minimum atomic E-state index is -2.53. The van der Waals surface area contributed by atoms with Crippen molar-refractivity contribution in [1.82, 2.24) is 0 Å². The Bertz CT molecular complexity index is 585. The Kier molecular flexibility index (Phi) is 4.00. The molecule has 8 nitrogen and oxygen atoms in total. The van der Waals surface area contributed by atoms with Crippen LogP contribution in [0.15, 0.2) is 18.2 Å². The molecule has 1 atom stereocenters. The van der Waals surface area contributed by atoms with Crippen LogP contribution in [0.5, 0.6) is 0 Å². The highest BCUT2D eigenvalue weighted by atomic mass is 19.1. The second-order valence-corrected chi connectivity index (χ2v) is 3.55. The number of nitrogens with zero attached hydrogens (tertiary/aromatic N) is 2. The van der Waals surface area contributed by atoms with Crippen LogP contribution >= 0.6 is 0 Å². The van der Waals surface area contributed by atoms with E-state index in [1.807, 2.05) is 0 Å². The maximum atomic E-state index is 13.3. The standard InChI is InChI=1S/C10H7FN2O6/c1-5(14)9(11)10(15)7-3-2-6(12(16)17)4-8(7)13(18)19/h2-4,9H,1H3. The number of non-ortho nitro benzene ring substituents is 1. The number of Topliss-reactive ketones (excluding diaryl/α,β-unsaturated/α-hetero) is 2. The van der Waals surface area contributed by atoms with Crippen LogP contribution < -0.4 is 0 Å². The van der Waals surface area contributed by atoms with Crippen LogP contribution in [0.2, 0.25) is 0 Å². The Morgan fingerprint density at radius 1 is 1.21 bits per heavy atom. The van der Waals surface area contributed by atoms with Crippen molar-refractivity contribution in [3.8, 4) is 0 Å². The third-order valence-corrected chi connectivity index (χ3v) is 2.24. The van der Waals surface area contributed by atoms with Crippen LogP contribution in [0.3, 0.4) is 0 Å². The Morgan fingerprint density at radius 2 is 1.79 bits per heavy atom. The van der Waals surface area contributed by atoms with Crippen LogP contribution in [0.25, 0.3) is 0 Å². The van der Waals surface area contributed by atoms with E-state index in [0.717, 1.165) is 19.1 Å². The minimum Gasteiger partial charge on any atom is -0.296 e. The molecule has 0 aliphatic carbocycles. The molecule has 0 N–H and O–H groups in total. The summed E-state index contributed by atoms with van der Waals surface area (Å²) in [5.41, 5.74) is -2.21. The molecule has 1 rings (SSSR count). The first-order valence-electron chi connectivity index (χ1n) is 4.87. The molecule has 9 heteroatoms. The molecule has 0 fully saturated rings. The van der Waals surface area contributed by atoms with Gasteiger partial charge in [-0.05, 0) is 13.0 Å². The van der Waals surface area contributed by atoms with Crippen molar-refractivity contribution in [2.45, 2.75) is 13.1 Å². The van der Waals surface area contributed by atoms with Gasteiger partial charge in [-0.15, -0.1) is 0 Å². The summed E-state index contributed by atoms with van der Waals surface area (Å²) in [4.78, 5) is 41.5. The molecule has 1 unspecified atom stereocenters. The van der Waals surface area contributed by atoms with Gasteiger partial charge in [0, 0.05) is 6.07 Å². The molecule has 0 saturated heterocycles. The van der Waals surface area contributed by atoms with E-state index in [4.69, 9.17) is 0 Å². The summed E-state index contributed by atoms with van der Waals surface area (Å²) < 4.78 is 13.3. The molecule has 0 spiro atoms. The molecule has 0 aromatic heterocycles. The summed E-state index contributed by atoms with van der Waals surface area (Å²) in [5, 5.41) is 21.2. The molecular formula is C10H7FN2O6. The summed E-state index contributed by atoms with van der Waals surface area (Å²) in [5.74, 6) is -2.49. The SMILES string of the molecule is CC(=O)C(F)C(=O)c1ccc([N+](=O)[O-])cc1[N+](=O)[O-]. The van der Waals surface area contributed by atoms with E-state index >= 15 is 0 Å². The van der Waals surface area contributed by atoms with Gasteiger partial charge in [-0.25, -0.2) is 4.39 Å². The fourth-order valence-corrected chi connectivity index (χ4v) is 1.31. The quantitative estimate of drug-likeness (QED) is 0.347. The lowest BCUT2D eigenvalue weighted by Gasteiger charge is -2.04. The number of hydrogen-bond donors (Lipinski definition) is 0. The van der Waals surface area contributed by atoms with Crippen LogP contribution in [0.4, 0.5) is 15.8 Å². The second kappa shape index (κ2) is 5.29. The van der Waals surface area contributed by atoms with E-state index in [1.165, 1.54) is 0 Å². The highest BCUT2D eigenvalue weighted by Gasteiger charge is 2.31. The predicted octanol–water partition coefficient (Wildman–Crippen LogP) is 1.61. The number of benzene rings is 1. The number of carbonyl (C=O) groups excluding carboxylic acids is 2. The number of nitro benzene ring substituents is 2. The summed E-state index contributed by atoms with van der Waals surface area (Å²) in [7, 11) is 0. The lowest BCUT2D eigenvalue weighted by Crippen LogP contribution is -2.24. The third-order valence-electron chi connectivity index (χ3n) is 2.24. The van der Waals surface area contributed by atoms with Gasteiger partial charge in [0.1, 0.15) is 0 Å². The number of hydrogen-bond acceptors (Lipinski definition) is 6. The zero-order valence-corrected chi connectivity index (χ0v) is 9.53. The van der Waals surface area contributed by atoms with Gasteiger partial charge in [-0.3, -0.25) is 29.8 Å². The number of ketones is 2. The molecule has 19 heavy (non-hydrogen) atoms. The van der Waals surface area contributed by atoms with Crippen LogP contribution in [-0.4, -0.2) is 27.6 Å². The fraction of sp³-hybridized carbons (Fsp3) is 0.200. The summed E-state index contributed by atoms with van der Waals surface area (Å²) >= 11 is 0. The highest BCUT2D eigenvalue weighted by Crippen LogP contribution is 2.26. The minimum absolute atomic E-state index is 0.542. The number of rotatable bonds is 5. The maximum Gasteiger partial charge on any atom is 0.287 e. The topological polar surface area (TPSA) is 120 Å². The molecule has 0 aliphatic heterocycles. The normalized spacial score (nSPS) is 11.7. The third kappa shape index (κ3) is 2.94. The maximum absolute atomic E-state index is 13.3. The van der Waals surface area contributed by atoms with Gasteiger partial charge >= 0.3 is 0 Å². The molecule has 0 radical (unpaired) electrons. The second-order valence-electron chi connectivity index (χ2n) is 3.55. The van der Waals surface area contributed by atoms with Gasteiger partial charge in [-0.1, -0.05) is 0 Å². The van der Waals surface area contributed by atoms with E-state index in [2.05, 4.69) is 0 Å². The van der Waals surface area contributed by atoms with E-state index in [1.54, 1.807) is 0 Å². The molecular weight excluding hydrogens is 263 g/mol. The molecule has 0 amide bonds. The average molecular weight is 270 g/mol. The van der Waals surface area contributed by atoms with E-state index < -0.39 is 44.5 Å². The van der Waals surface area contributed by atoms with Gasteiger partial charge in [-0.2, -0.15) is 0 Å². The molecule has 0 aliphatic rings. The Labute approximate surface area is 105 Å². The zero-order valence-electron chi connectivity index (χ0n) is 9.53. The fourth-order valence-electron chi connectivity index (χ4n) is 1.31. The first kappa shape index (κ1) is 14.4. The van der Waals surface area contributed by atoms with Crippen molar-refractivity contribution in [2.75, 3.05) is 0 Å². The van der Waals surface area contributed by atoms with Gasteiger partial charge in [0.25, 0.3) is 11.4 Å². The Balaban J connectivity index is 3.36. The highest BCUT2D eigenvalue weighted by molar-refractivity contribution is 6.14. The van der Waals surface area contributed by atoms with E-state index in [-0.39, 0.29) is 0 Å². The van der Waals surface area contributed by atoms with Crippen LogP contribution in [-0.2, 0) is 4.79 Å². The van der Waals surface area contributed by atoms with E-state index in [0.29, 0.717) is 6.07 Å². The monoisotopic (exact) mass is 270 g/mol. The molecule has 0 heterocycles. The molecule has 1 aromatic rings. The summed E-state index contributed by atoms with van der Waals surface area (Å²) in [6.07, 6.45) is -2.53. The number of alkyl halides is 1. The van der Waals surface area contributed by atoms with Gasteiger partial charge in [0.05, 0.1) is 21.5 Å². The number of carbonyl (C=O) groups is 2. The van der Waals surface area contributed by atoms with Gasteiger partial charge < -0.3 is 0 Å². The zero-order chi connectivity index (χ0) is 14.7. The van der Waals surface area contributed by atoms with Crippen LogP contribution in [0.1, 0.15) is 17.3 Å². The van der Waals surface area contributed by atoms with Gasteiger partial charge in [0.2, 0.25) is 12.0 Å². The molecule has 100 valence electrons. The first-order chi connectivity index (χ1) is 8.75. The van der Waals surface area contributed by atoms with Crippen molar-refractivity contribution in [3.63, 3.8) is 0 Å². The van der Waals surface area contributed by atoms with Crippen LogP contribution in [0, 0.1) is 20.2 Å². The van der Waals surface area contributed by atoms with Crippen molar-refractivity contribution in [2.24, 2.45) is 0 Å². The first-order valence-corrected chi connectivity index (χ1v) is 4.87. The molecule has 1 aromatic carbocycles. The molecule has 0 bridgehead atoms.